The number of nitrogens with zero attached hydrogens (tertiary/aromatic N) is 3. The van der Waals surface area contributed by atoms with Crippen LogP contribution in [0.25, 0.3) is 11.1 Å². The van der Waals surface area contributed by atoms with E-state index in [-0.39, 0.29) is 18.8 Å². The number of likely N-dealkylation sites (N-methyl/N-ethyl adjacent to an activating group) is 1. The molecule has 1 amide bonds. The second-order valence-corrected chi connectivity index (χ2v) is 8.14. The van der Waals surface area contributed by atoms with Gasteiger partial charge in [-0.3, -0.25) is 0 Å². The van der Waals surface area contributed by atoms with Gasteiger partial charge in [0.15, 0.2) is 6.10 Å². The van der Waals surface area contributed by atoms with E-state index in [4.69, 9.17) is 9.47 Å². The highest BCUT2D eigenvalue weighted by Gasteiger charge is 2.28. The minimum atomic E-state index is -0.746. The summed E-state index contributed by atoms with van der Waals surface area (Å²) in [6.07, 6.45) is 1.95. The highest BCUT2D eigenvalue weighted by Crippen LogP contribution is 2.23. The Kier molecular flexibility index (Phi) is 7.16. The normalized spacial score (nSPS) is 17.0. The number of carbonyl (C=O) groups excluding carboxylic acids is 1. The van der Waals surface area contributed by atoms with Gasteiger partial charge in [0.25, 0.3) is 0 Å². The summed E-state index contributed by atoms with van der Waals surface area (Å²) in [5.41, 5.74) is 2.89. The Hall–Kier alpha value is -3.80. The molecule has 3 atom stereocenters. The Morgan fingerprint density at radius 1 is 1.18 bits per heavy atom. The van der Waals surface area contributed by atoms with Gasteiger partial charge in [-0.2, -0.15) is 0 Å². The van der Waals surface area contributed by atoms with Gasteiger partial charge in [-0.25, -0.2) is 9.78 Å². The number of aromatic nitrogens is 2. The van der Waals surface area contributed by atoms with Crippen molar-refractivity contribution in [3.05, 3.63) is 72.3 Å². The van der Waals surface area contributed by atoms with Crippen LogP contribution < -0.4 is 4.74 Å². The maximum atomic E-state index is 11.4. The van der Waals surface area contributed by atoms with Crippen molar-refractivity contribution in [1.29, 1.82) is 0 Å². The first kappa shape index (κ1) is 23.4. The maximum absolute atomic E-state index is 11.4. The van der Waals surface area contributed by atoms with Gasteiger partial charge in [-0.15, -0.1) is 0 Å². The van der Waals surface area contributed by atoms with Crippen LogP contribution in [0.1, 0.15) is 30.5 Å². The first-order chi connectivity index (χ1) is 16.4. The molecule has 3 aromatic rings. The van der Waals surface area contributed by atoms with Gasteiger partial charge in [0.1, 0.15) is 30.3 Å². The Morgan fingerprint density at radius 3 is 2.44 bits per heavy atom. The zero-order valence-electron chi connectivity index (χ0n) is 19.1. The molecule has 34 heavy (non-hydrogen) atoms. The minimum absolute atomic E-state index is 0.185. The highest BCUT2D eigenvalue weighted by atomic mass is 16.6. The highest BCUT2D eigenvalue weighted by molar-refractivity contribution is 5.69. The van der Waals surface area contributed by atoms with Gasteiger partial charge >= 0.3 is 6.09 Å². The van der Waals surface area contributed by atoms with E-state index < -0.39 is 12.1 Å². The molecule has 0 bridgehead atoms. The quantitative estimate of drug-likeness (QED) is 0.525. The third-order valence-corrected chi connectivity index (χ3v) is 5.53. The van der Waals surface area contributed by atoms with Crippen molar-refractivity contribution in [2.24, 2.45) is 0 Å². The number of amides is 1. The van der Waals surface area contributed by atoms with Gasteiger partial charge in [-0.05, 0) is 42.3 Å². The van der Waals surface area contributed by atoms with Gasteiger partial charge in [0, 0.05) is 25.0 Å². The summed E-state index contributed by atoms with van der Waals surface area (Å²) in [4.78, 5) is 17.1. The first-order valence-electron chi connectivity index (χ1n) is 11.0. The summed E-state index contributed by atoms with van der Waals surface area (Å²) in [5.74, 6) is 7.32. The number of hydrogen-bond donors (Lipinski definition) is 2. The van der Waals surface area contributed by atoms with E-state index >= 15 is 0 Å². The average molecular weight is 462 g/mol. The van der Waals surface area contributed by atoms with Crippen molar-refractivity contribution in [3.8, 4) is 28.7 Å². The molecule has 1 saturated heterocycles. The van der Waals surface area contributed by atoms with E-state index in [1.807, 2.05) is 48.5 Å². The fourth-order valence-corrected chi connectivity index (χ4v) is 3.70. The lowest BCUT2D eigenvalue weighted by Crippen LogP contribution is -2.23. The third kappa shape index (κ3) is 5.39. The molecule has 176 valence electrons. The number of rotatable bonds is 7. The number of cyclic esters (lactones) is 1. The number of carbonyl (C=O) groups is 1. The first-order valence-corrected chi connectivity index (χ1v) is 11.0. The summed E-state index contributed by atoms with van der Waals surface area (Å²) in [6.45, 7) is 2.28. The molecule has 2 N–H and O–H groups in total. The molecule has 8 nitrogen and oxygen atoms in total. The van der Waals surface area contributed by atoms with Crippen molar-refractivity contribution >= 4 is 6.09 Å². The zero-order valence-corrected chi connectivity index (χ0v) is 19.1. The molecule has 0 radical (unpaired) electrons. The minimum Gasteiger partial charge on any atom is -0.490 e. The second-order valence-electron chi connectivity index (χ2n) is 8.14. The number of benzene rings is 2. The molecule has 1 aliphatic rings. The molecule has 1 aromatic heterocycles. The molecule has 8 heteroatoms. The lowest BCUT2D eigenvalue weighted by molar-refractivity contribution is 0.103. The van der Waals surface area contributed by atoms with Crippen LogP contribution in [0.5, 0.6) is 5.75 Å². The van der Waals surface area contributed by atoms with E-state index in [0.717, 1.165) is 16.7 Å². The van der Waals surface area contributed by atoms with E-state index in [1.165, 1.54) is 4.90 Å². The summed E-state index contributed by atoms with van der Waals surface area (Å²) >= 11 is 0. The Labute approximate surface area is 198 Å². The lowest BCUT2D eigenvalue weighted by Gasteiger charge is -2.14. The van der Waals surface area contributed by atoms with Gasteiger partial charge in [0.05, 0.1) is 13.2 Å². The molecule has 0 spiro atoms. The third-order valence-electron chi connectivity index (χ3n) is 5.53. The van der Waals surface area contributed by atoms with Crippen molar-refractivity contribution in [1.82, 2.24) is 14.5 Å². The smallest absolute Gasteiger partial charge is 0.410 e. The van der Waals surface area contributed by atoms with E-state index in [1.54, 1.807) is 30.9 Å². The molecule has 4 rings (SSSR count). The fourth-order valence-electron chi connectivity index (χ4n) is 3.70. The molecule has 0 aliphatic carbocycles. The van der Waals surface area contributed by atoms with E-state index in [2.05, 4.69) is 16.8 Å². The van der Waals surface area contributed by atoms with Gasteiger partial charge in [0.2, 0.25) is 0 Å². The topological polar surface area (TPSA) is 97.1 Å². The molecular formula is C26H27N3O5. The number of aliphatic hydroxyl groups excluding tert-OH is 2. The van der Waals surface area contributed by atoms with Crippen LogP contribution in [-0.2, 0) is 4.74 Å². The van der Waals surface area contributed by atoms with Crippen molar-refractivity contribution < 1.29 is 24.5 Å². The van der Waals surface area contributed by atoms with Crippen molar-refractivity contribution in [2.75, 3.05) is 26.8 Å². The van der Waals surface area contributed by atoms with Crippen LogP contribution in [0, 0.1) is 11.8 Å². The Balaban J connectivity index is 1.38. The van der Waals surface area contributed by atoms with Crippen LogP contribution in [0.15, 0.2) is 60.9 Å². The number of hydrogen-bond acceptors (Lipinski definition) is 6. The van der Waals surface area contributed by atoms with Crippen molar-refractivity contribution in [2.45, 2.75) is 25.2 Å². The fraction of sp³-hybridized carbons (Fsp3) is 0.308. The summed E-state index contributed by atoms with van der Waals surface area (Å²) < 4.78 is 12.6. The molecule has 0 saturated carbocycles. The van der Waals surface area contributed by atoms with E-state index in [9.17, 15) is 15.0 Å². The second kappa shape index (κ2) is 10.4. The molecular weight excluding hydrogens is 434 g/mol. The monoisotopic (exact) mass is 461 g/mol. The predicted octanol–water partition coefficient (Wildman–Crippen LogP) is 3.02. The Morgan fingerprint density at radius 2 is 1.85 bits per heavy atom. The average Bonchev–Trinajstić information content (AvgIpc) is 3.46. The van der Waals surface area contributed by atoms with Crippen molar-refractivity contribution in [3.63, 3.8) is 0 Å². The summed E-state index contributed by atoms with van der Waals surface area (Å²) in [6, 6.07) is 15.1. The standard InChI is InChI=1S/C26H27N3O5/c1-18(31)25-27-13-14-29(25)22(16-30)10-5-19-3-6-20(7-4-19)21-8-11-23(12-9-21)33-17-24-15-28(2)26(32)34-24/h3-4,6-9,11-14,18,22,24,30-31H,15-17H2,1-2H3/t18-,22-,24+/m0/s1. The number of imidazole rings is 1. The molecule has 1 fully saturated rings. The summed E-state index contributed by atoms with van der Waals surface area (Å²) in [7, 11) is 1.70. The lowest BCUT2D eigenvalue weighted by atomic mass is 10.0. The van der Waals surface area contributed by atoms with E-state index in [0.29, 0.717) is 24.7 Å². The SMILES string of the molecule is C[C@H](O)c1nccn1[C@@H](C#Cc1ccc(-c2ccc(OC[C@H]3CN(C)C(=O)O3)cc2)cc1)CO. The number of aliphatic hydroxyl groups is 2. The summed E-state index contributed by atoms with van der Waals surface area (Å²) in [5, 5.41) is 19.6. The molecule has 1 aliphatic heterocycles. The Bertz CT molecular complexity index is 1180. The van der Waals surface area contributed by atoms with Gasteiger partial charge < -0.3 is 29.2 Å². The molecule has 2 aromatic carbocycles. The van der Waals surface area contributed by atoms with Crippen LogP contribution >= 0.6 is 0 Å². The molecule has 0 unspecified atom stereocenters. The number of ether oxygens (including phenoxy) is 2. The largest absolute Gasteiger partial charge is 0.490 e. The van der Waals surface area contributed by atoms with Crippen LogP contribution in [0.3, 0.4) is 0 Å². The van der Waals surface area contributed by atoms with Gasteiger partial charge in [-0.1, -0.05) is 36.1 Å². The van der Waals surface area contributed by atoms with Crippen LogP contribution in [0.4, 0.5) is 4.79 Å². The van der Waals surface area contributed by atoms with Crippen LogP contribution in [0.2, 0.25) is 0 Å². The predicted molar refractivity (Wildman–Crippen MR) is 126 cm³/mol. The van der Waals surface area contributed by atoms with Crippen LogP contribution in [-0.4, -0.2) is 63.7 Å². The zero-order chi connectivity index (χ0) is 24.1. The molecule has 2 heterocycles. The maximum Gasteiger partial charge on any atom is 0.410 e.